The van der Waals surface area contributed by atoms with Gasteiger partial charge in [0.15, 0.2) is 0 Å². The van der Waals surface area contributed by atoms with E-state index in [1.54, 1.807) is 24.3 Å². The van der Waals surface area contributed by atoms with E-state index in [2.05, 4.69) is 21.2 Å². The first-order valence-corrected chi connectivity index (χ1v) is 6.44. The van der Waals surface area contributed by atoms with Gasteiger partial charge < -0.3 is 15.2 Å². The lowest BCUT2D eigenvalue weighted by atomic mass is 10.2. The molecule has 0 bridgehead atoms. The predicted molar refractivity (Wildman–Crippen MR) is 76.1 cm³/mol. The van der Waals surface area contributed by atoms with Crippen LogP contribution in [0.5, 0.6) is 11.5 Å². The number of phenolic OH excluding ortho intramolecular Hbond substituents is 1. The van der Waals surface area contributed by atoms with Gasteiger partial charge in [-0.1, -0.05) is 15.9 Å². The molecule has 2 aromatic carbocycles. The summed E-state index contributed by atoms with van der Waals surface area (Å²) in [6, 6.07) is 9.77. The van der Waals surface area contributed by atoms with E-state index >= 15 is 0 Å². The highest BCUT2D eigenvalue weighted by Crippen LogP contribution is 2.25. The van der Waals surface area contributed by atoms with Crippen LogP contribution in [0.1, 0.15) is 5.56 Å². The van der Waals surface area contributed by atoms with Gasteiger partial charge in [-0.25, -0.2) is 4.39 Å². The first kappa shape index (κ1) is 13.7. The number of methoxy groups -OCH3 is 1. The van der Waals surface area contributed by atoms with E-state index in [0.717, 1.165) is 0 Å². The summed E-state index contributed by atoms with van der Waals surface area (Å²) in [5.41, 5.74) is 1.06. The Morgan fingerprint density at radius 1 is 1.26 bits per heavy atom. The van der Waals surface area contributed by atoms with Gasteiger partial charge in [0.25, 0.3) is 0 Å². The highest BCUT2D eigenvalue weighted by molar-refractivity contribution is 9.10. The van der Waals surface area contributed by atoms with Gasteiger partial charge in [0.1, 0.15) is 17.3 Å². The number of hydrogen-bond acceptors (Lipinski definition) is 3. The van der Waals surface area contributed by atoms with E-state index < -0.39 is 0 Å². The lowest BCUT2D eigenvalue weighted by Gasteiger charge is -2.10. The van der Waals surface area contributed by atoms with Gasteiger partial charge in [0.2, 0.25) is 0 Å². The summed E-state index contributed by atoms with van der Waals surface area (Å²) in [7, 11) is 1.53. The summed E-state index contributed by atoms with van der Waals surface area (Å²) in [5.74, 6) is 0.350. The molecular formula is C14H13BrFNO2. The highest BCUT2D eigenvalue weighted by Gasteiger charge is 2.06. The van der Waals surface area contributed by atoms with E-state index in [1.807, 2.05) is 0 Å². The van der Waals surface area contributed by atoms with Crippen LogP contribution in [0, 0.1) is 5.82 Å². The van der Waals surface area contributed by atoms with Crippen molar-refractivity contribution in [3.05, 3.63) is 52.3 Å². The summed E-state index contributed by atoms with van der Waals surface area (Å²) < 4.78 is 19.3. The molecule has 2 rings (SSSR count). The smallest absolute Gasteiger partial charge is 0.147 e. The van der Waals surface area contributed by atoms with Crippen LogP contribution in [-0.4, -0.2) is 12.2 Å². The Labute approximate surface area is 119 Å². The Bertz CT molecular complexity index is 590. The van der Waals surface area contributed by atoms with Gasteiger partial charge in [0, 0.05) is 22.6 Å². The molecule has 0 atom stereocenters. The molecule has 0 radical (unpaired) electrons. The van der Waals surface area contributed by atoms with Crippen LogP contribution in [0.2, 0.25) is 0 Å². The first-order valence-electron chi connectivity index (χ1n) is 5.65. The van der Waals surface area contributed by atoms with Crippen molar-refractivity contribution >= 4 is 21.6 Å². The Morgan fingerprint density at radius 2 is 2.05 bits per heavy atom. The van der Waals surface area contributed by atoms with Crippen molar-refractivity contribution in [2.45, 2.75) is 6.54 Å². The zero-order valence-electron chi connectivity index (χ0n) is 10.3. The molecule has 2 N–H and O–H groups in total. The number of anilines is 1. The minimum Gasteiger partial charge on any atom is -0.507 e. The molecule has 5 heteroatoms. The van der Waals surface area contributed by atoms with Crippen molar-refractivity contribution in [2.75, 3.05) is 12.4 Å². The molecule has 0 saturated carbocycles. The van der Waals surface area contributed by atoms with Gasteiger partial charge in [-0.3, -0.25) is 0 Å². The first-order chi connectivity index (χ1) is 9.10. The Morgan fingerprint density at radius 3 is 2.68 bits per heavy atom. The number of ether oxygens (including phenoxy) is 1. The van der Waals surface area contributed by atoms with E-state index in [1.165, 1.54) is 19.2 Å². The minimum atomic E-state index is -0.345. The molecule has 100 valence electrons. The monoisotopic (exact) mass is 325 g/mol. The van der Waals surface area contributed by atoms with Gasteiger partial charge >= 0.3 is 0 Å². The average Bonchev–Trinajstić information content (AvgIpc) is 2.39. The van der Waals surface area contributed by atoms with Crippen molar-refractivity contribution < 1.29 is 14.2 Å². The van der Waals surface area contributed by atoms with Gasteiger partial charge in [-0.05, 0) is 30.3 Å². The summed E-state index contributed by atoms with van der Waals surface area (Å²) in [5, 5.41) is 12.7. The normalized spacial score (nSPS) is 10.3. The van der Waals surface area contributed by atoms with Crippen molar-refractivity contribution in [3.63, 3.8) is 0 Å². The van der Waals surface area contributed by atoms with Crippen LogP contribution in [0.3, 0.4) is 0 Å². The molecule has 19 heavy (non-hydrogen) atoms. The predicted octanol–water partition coefficient (Wildman–Crippen LogP) is 3.91. The Balaban J connectivity index is 2.10. The molecular weight excluding hydrogens is 313 g/mol. The number of hydrogen-bond donors (Lipinski definition) is 2. The maximum atomic E-state index is 13.6. The van der Waals surface area contributed by atoms with Crippen LogP contribution >= 0.6 is 15.9 Å². The number of nitrogens with one attached hydrogen (secondary N) is 1. The second kappa shape index (κ2) is 5.93. The van der Waals surface area contributed by atoms with E-state index in [-0.39, 0.29) is 11.6 Å². The topological polar surface area (TPSA) is 41.5 Å². The minimum absolute atomic E-state index is 0.115. The lowest BCUT2D eigenvalue weighted by Crippen LogP contribution is -2.01. The summed E-state index contributed by atoms with van der Waals surface area (Å²) in [4.78, 5) is 0. The van der Waals surface area contributed by atoms with Crippen molar-refractivity contribution in [2.24, 2.45) is 0 Å². The highest BCUT2D eigenvalue weighted by atomic mass is 79.9. The molecule has 0 spiro atoms. The standard InChI is InChI=1S/C14H13BrFNO2/c1-19-11-4-2-9(14(18)7-11)8-17-13-5-3-10(15)6-12(13)16/h2-7,17-18H,8H2,1H3. The third kappa shape index (κ3) is 3.38. The molecule has 0 fully saturated rings. The largest absolute Gasteiger partial charge is 0.507 e. The zero-order chi connectivity index (χ0) is 13.8. The molecule has 0 heterocycles. The van der Waals surface area contributed by atoms with Gasteiger partial charge in [0.05, 0.1) is 12.8 Å². The molecule has 0 saturated heterocycles. The molecule has 0 aliphatic heterocycles. The molecule has 0 aromatic heterocycles. The van der Waals surface area contributed by atoms with Crippen LogP contribution in [-0.2, 0) is 6.54 Å². The molecule has 0 aliphatic carbocycles. The number of phenols is 1. The number of halogens is 2. The molecule has 3 nitrogen and oxygen atoms in total. The van der Waals surface area contributed by atoms with E-state index in [0.29, 0.717) is 28.0 Å². The third-order valence-corrected chi connectivity index (χ3v) is 3.19. The molecule has 0 amide bonds. The average molecular weight is 326 g/mol. The lowest BCUT2D eigenvalue weighted by molar-refractivity contribution is 0.406. The Kier molecular flexibility index (Phi) is 4.27. The van der Waals surface area contributed by atoms with Crippen LogP contribution in [0.25, 0.3) is 0 Å². The number of benzene rings is 2. The summed E-state index contributed by atoms with van der Waals surface area (Å²) in [6.07, 6.45) is 0. The van der Waals surface area contributed by atoms with Gasteiger partial charge in [-0.15, -0.1) is 0 Å². The maximum Gasteiger partial charge on any atom is 0.147 e. The number of aromatic hydroxyl groups is 1. The Hall–Kier alpha value is -1.75. The van der Waals surface area contributed by atoms with E-state index in [4.69, 9.17) is 4.74 Å². The van der Waals surface area contributed by atoms with Crippen LogP contribution < -0.4 is 10.1 Å². The molecule has 2 aromatic rings. The van der Waals surface area contributed by atoms with Crippen LogP contribution in [0.15, 0.2) is 40.9 Å². The van der Waals surface area contributed by atoms with Crippen LogP contribution in [0.4, 0.5) is 10.1 Å². The number of rotatable bonds is 4. The fourth-order valence-electron chi connectivity index (χ4n) is 1.64. The fraction of sp³-hybridized carbons (Fsp3) is 0.143. The van der Waals surface area contributed by atoms with Crippen molar-refractivity contribution in [1.82, 2.24) is 0 Å². The molecule has 0 aliphatic rings. The van der Waals surface area contributed by atoms with Crippen molar-refractivity contribution in [3.8, 4) is 11.5 Å². The zero-order valence-corrected chi connectivity index (χ0v) is 11.9. The second-order valence-electron chi connectivity index (χ2n) is 3.97. The fourth-order valence-corrected chi connectivity index (χ4v) is 1.98. The SMILES string of the molecule is COc1ccc(CNc2ccc(Br)cc2F)c(O)c1. The van der Waals surface area contributed by atoms with E-state index in [9.17, 15) is 9.50 Å². The maximum absolute atomic E-state index is 13.6. The summed E-state index contributed by atoms with van der Waals surface area (Å²) in [6.45, 7) is 0.328. The summed E-state index contributed by atoms with van der Waals surface area (Å²) >= 11 is 3.20. The quantitative estimate of drug-likeness (QED) is 0.895. The third-order valence-electron chi connectivity index (χ3n) is 2.69. The molecule has 0 unspecified atom stereocenters. The van der Waals surface area contributed by atoms with Gasteiger partial charge in [-0.2, -0.15) is 0 Å². The second-order valence-corrected chi connectivity index (χ2v) is 4.89. The van der Waals surface area contributed by atoms with Crippen molar-refractivity contribution in [1.29, 1.82) is 0 Å².